The Morgan fingerprint density at radius 1 is 1.19 bits per heavy atom. The predicted octanol–water partition coefficient (Wildman–Crippen LogP) is 5.07. The number of nitrogens with one attached hydrogen (secondary N) is 1. The molecule has 0 unspecified atom stereocenters. The minimum Gasteiger partial charge on any atom is -0.497 e. The van der Waals surface area contributed by atoms with Crippen molar-refractivity contribution in [3.8, 4) is 5.75 Å². The van der Waals surface area contributed by atoms with E-state index < -0.39 is 0 Å². The summed E-state index contributed by atoms with van der Waals surface area (Å²) in [5.41, 5.74) is 3.63. The number of amides is 1. The molecule has 0 radical (unpaired) electrons. The molecule has 0 saturated carbocycles. The summed E-state index contributed by atoms with van der Waals surface area (Å²) in [6.45, 7) is 8.58. The third-order valence-electron chi connectivity index (χ3n) is 4.84. The SMILES string of the molecule is C=CCn1nnc(CSc2ccc(OC)cc2)c1CC(=O)Nc1ccc(C(C)C)cc1. The van der Waals surface area contributed by atoms with Gasteiger partial charge in [-0.1, -0.05) is 37.3 Å². The second-order valence-electron chi connectivity index (χ2n) is 7.42. The standard InChI is InChI=1S/C24H28N4O2S/c1-5-14-28-23(15-24(29)25-19-8-6-18(7-9-19)17(2)3)22(26-27-28)16-31-21-12-10-20(30-4)11-13-21/h5-13,17H,1,14-16H2,2-4H3,(H,25,29). The van der Waals surface area contributed by atoms with Crippen LogP contribution in [0.1, 0.15) is 36.7 Å². The molecule has 2 aromatic carbocycles. The number of ether oxygens (including phenoxy) is 1. The van der Waals surface area contributed by atoms with Gasteiger partial charge in [0.25, 0.3) is 0 Å². The summed E-state index contributed by atoms with van der Waals surface area (Å²) in [6.07, 6.45) is 1.95. The number of carbonyl (C=O) groups is 1. The number of thioether (sulfide) groups is 1. The van der Waals surface area contributed by atoms with Gasteiger partial charge in [-0.3, -0.25) is 4.79 Å². The molecule has 6 nitrogen and oxygen atoms in total. The zero-order valence-electron chi connectivity index (χ0n) is 18.2. The van der Waals surface area contributed by atoms with Crippen LogP contribution in [0.2, 0.25) is 0 Å². The fourth-order valence-electron chi connectivity index (χ4n) is 3.08. The molecule has 0 saturated heterocycles. The van der Waals surface area contributed by atoms with Crippen LogP contribution in [0.15, 0.2) is 66.1 Å². The van der Waals surface area contributed by atoms with Crippen molar-refractivity contribution in [1.29, 1.82) is 0 Å². The Morgan fingerprint density at radius 2 is 1.90 bits per heavy atom. The number of allylic oxidation sites excluding steroid dienone is 1. The van der Waals surface area contributed by atoms with E-state index in [0.717, 1.165) is 27.7 Å². The molecule has 3 aromatic rings. The molecule has 162 valence electrons. The quantitative estimate of drug-likeness (QED) is 0.355. The summed E-state index contributed by atoms with van der Waals surface area (Å²) in [6, 6.07) is 15.8. The van der Waals surface area contributed by atoms with E-state index in [-0.39, 0.29) is 12.3 Å². The lowest BCUT2D eigenvalue weighted by Crippen LogP contribution is -2.18. The molecule has 1 heterocycles. The summed E-state index contributed by atoms with van der Waals surface area (Å²) >= 11 is 1.64. The first-order valence-corrected chi connectivity index (χ1v) is 11.2. The number of anilines is 1. The second-order valence-corrected chi connectivity index (χ2v) is 8.47. The van der Waals surface area contributed by atoms with Crippen LogP contribution in [0.4, 0.5) is 5.69 Å². The van der Waals surface area contributed by atoms with Crippen molar-refractivity contribution in [1.82, 2.24) is 15.0 Å². The molecule has 0 aliphatic rings. The monoisotopic (exact) mass is 436 g/mol. The molecule has 1 amide bonds. The third kappa shape index (κ3) is 6.21. The lowest BCUT2D eigenvalue weighted by atomic mass is 10.0. The van der Waals surface area contributed by atoms with Crippen molar-refractivity contribution in [3.63, 3.8) is 0 Å². The maximum Gasteiger partial charge on any atom is 0.230 e. The van der Waals surface area contributed by atoms with Crippen molar-refractivity contribution in [2.45, 2.75) is 43.4 Å². The molecular formula is C24H28N4O2S. The Balaban J connectivity index is 1.68. The lowest BCUT2D eigenvalue weighted by molar-refractivity contribution is -0.115. The van der Waals surface area contributed by atoms with Crippen LogP contribution in [-0.4, -0.2) is 28.0 Å². The average Bonchev–Trinajstić information content (AvgIpc) is 3.14. The molecule has 3 rings (SSSR count). The van der Waals surface area contributed by atoms with E-state index in [4.69, 9.17) is 4.74 Å². The minimum absolute atomic E-state index is 0.0967. The topological polar surface area (TPSA) is 69.0 Å². The Bertz CT molecular complexity index is 1010. The minimum atomic E-state index is -0.0967. The van der Waals surface area contributed by atoms with Gasteiger partial charge in [0.05, 0.1) is 31.5 Å². The summed E-state index contributed by atoms with van der Waals surface area (Å²) in [5.74, 6) is 1.80. The van der Waals surface area contributed by atoms with E-state index in [1.807, 2.05) is 48.5 Å². The van der Waals surface area contributed by atoms with Crippen LogP contribution in [0, 0.1) is 0 Å². The van der Waals surface area contributed by atoms with Crippen LogP contribution in [-0.2, 0) is 23.5 Å². The van der Waals surface area contributed by atoms with Gasteiger partial charge in [0.2, 0.25) is 5.91 Å². The summed E-state index contributed by atoms with van der Waals surface area (Å²) < 4.78 is 6.94. The van der Waals surface area contributed by atoms with Gasteiger partial charge in [0, 0.05) is 16.3 Å². The molecule has 1 aromatic heterocycles. The Labute approximate surface area is 187 Å². The Hall–Kier alpha value is -3.06. The van der Waals surface area contributed by atoms with Gasteiger partial charge in [0.15, 0.2) is 0 Å². The van der Waals surface area contributed by atoms with Gasteiger partial charge in [-0.25, -0.2) is 4.68 Å². The molecule has 0 spiro atoms. The summed E-state index contributed by atoms with van der Waals surface area (Å²) in [4.78, 5) is 13.8. The smallest absolute Gasteiger partial charge is 0.230 e. The van der Waals surface area contributed by atoms with E-state index >= 15 is 0 Å². The van der Waals surface area contributed by atoms with E-state index in [2.05, 4.69) is 36.1 Å². The van der Waals surface area contributed by atoms with Gasteiger partial charge in [-0.05, 0) is 47.9 Å². The molecule has 0 aliphatic heterocycles. The number of nitrogens with zero attached hydrogens (tertiary/aromatic N) is 3. The molecule has 7 heteroatoms. The van der Waals surface area contributed by atoms with E-state index in [0.29, 0.717) is 18.2 Å². The molecule has 0 bridgehead atoms. The summed E-state index contributed by atoms with van der Waals surface area (Å²) in [7, 11) is 1.65. The maximum atomic E-state index is 12.7. The van der Waals surface area contributed by atoms with Crippen LogP contribution >= 0.6 is 11.8 Å². The lowest BCUT2D eigenvalue weighted by Gasteiger charge is -2.10. The highest BCUT2D eigenvalue weighted by Gasteiger charge is 2.17. The van der Waals surface area contributed by atoms with Crippen LogP contribution in [0.25, 0.3) is 0 Å². The molecule has 0 fully saturated rings. The molecular weight excluding hydrogens is 408 g/mol. The van der Waals surface area contributed by atoms with Crippen molar-refractivity contribution >= 4 is 23.4 Å². The predicted molar refractivity (Wildman–Crippen MR) is 126 cm³/mol. The molecule has 0 atom stereocenters. The summed E-state index contributed by atoms with van der Waals surface area (Å²) in [5, 5.41) is 11.5. The third-order valence-corrected chi connectivity index (χ3v) is 5.87. The van der Waals surface area contributed by atoms with E-state index in [1.54, 1.807) is 29.6 Å². The maximum absolute atomic E-state index is 12.7. The van der Waals surface area contributed by atoms with Gasteiger partial charge in [-0.15, -0.1) is 23.4 Å². The largest absolute Gasteiger partial charge is 0.497 e. The van der Waals surface area contributed by atoms with Crippen LogP contribution in [0.3, 0.4) is 0 Å². The first-order chi connectivity index (χ1) is 15.0. The Morgan fingerprint density at radius 3 is 2.52 bits per heavy atom. The van der Waals surface area contributed by atoms with Gasteiger partial charge in [0.1, 0.15) is 5.75 Å². The zero-order valence-corrected chi connectivity index (χ0v) is 19.0. The first-order valence-electron chi connectivity index (χ1n) is 10.2. The van der Waals surface area contributed by atoms with Crippen LogP contribution in [0.5, 0.6) is 5.75 Å². The first kappa shape index (κ1) is 22.6. The van der Waals surface area contributed by atoms with Crippen molar-refractivity contribution in [3.05, 3.63) is 78.1 Å². The van der Waals surface area contributed by atoms with Crippen molar-refractivity contribution in [2.24, 2.45) is 0 Å². The highest BCUT2D eigenvalue weighted by atomic mass is 32.2. The number of aromatic nitrogens is 3. The number of carbonyl (C=O) groups excluding carboxylic acids is 1. The number of methoxy groups -OCH3 is 1. The molecule has 31 heavy (non-hydrogen) atoms. The van der Waals surface area contributed by atoms with Crippen LogP contribution < -0.4 is 10.1 Å². The normalized spacial score (nSPS) is 10.8. The number of benzene rings is 2. The number of rotatable bonds is 10. The second kappa shape index (κ2) is 10.8. The molecule has 1 N–H and O–H groups in total. The van der Waals surface area contributed by atoms with Crippen molar-refractivity contribution in [2.75, 3.05) is 12.4 Å². The fourth-order valence-corrected chi connectivity index (χ4v) is 3.93. The van der Waals surface area contributed by atoms with E-state index in [9.17, 15) is 4.79 Å². The van der Waals surface area contributed by atoms with E-state index in [1.165, 1.54) is 5.56 Å². The Kier molecular flexibility index (Phi) is 7.89. The number of hydrogen-bond acceptors (Lipinski definition) is 5. The average molecular weight is 437 g/mol. The number of hydrogen-bond donors (Lipinski definition) is 1. The zero-order chi connectivity index (χ0) is 22.2. The van der Waals surface area contributed by atoms with Crippen molar-refractivity contribution < 1.29 is 9.53 Å². The van der Waals surface area contributed by atoms with Gasteiger partial charge >= 0.3 is 0 Å². The highest BCUT2D eigenvalue weighted by molar-refractivity contribution is 7.98. The molecule has 0 aliphatic carbocycles. The van der Waals surface area contributed by atoms with Gasteiger partial charge in [-0.2, -0.15) is 0 Å². The van der Waals surface area contributed by atoms with Gasteiger partial charge < -0.3 is 10.1 Å². The highest BCUT2D eigenvalue weighted by Crippen LogP contribution is 2.26. The fraction of sp³-hybridized carbons (Fsp3) is 0.292.